The summed E-state index contributed by atoms with van der Waals surface area (Å²) >= 11 is 1.13. The van der Waals surface area contributed by atoms with Crippen LogP contribution in [0.25, 0.3) is 0 Å². The molecule has 0 N–H and O–H groups in total. The molecule has 3 heterocycles. The zero-order chi connectivity index (χ0) is 18.9. The minimum Gasteiger partial charge on any atom is -0.463 e. The van der Waals surface area contributed by atoms with Gasteiger partial charge in [-0.1, -0.05) is 17.9 Å². The molecule has 0 spiro atoms. The molecule has 0 saturated carbocycles. The molecule has 142 valence electrons. The van der Waals surface area contributed by atoms with Crippen molar-refractivity contribution >= 4 is 11.7 Å². The summed E-state index contributed by atoms with van der Waals surface area (Å²) in [5.74, 6) is 6.94. The molecule has 2 fully saturated rings. The van der Waals surface area contributed by atoms with Crippen molar-refractivity contribution in [3.63, 3.8) is 0 Å². The van der Waals surface area contributed by atoms with E-state index in [9.17, 15) is 13.2 Å². The summed E-state index contributed by atoms with van der Waals surface area (Å²) < 4.78 is 52.6. The molecular formula is C19H18F3N3OS. The molecule has 2 saturated heterocycles. The Labute approximate surface area is 159 Å². The van der Waals surface area contributed by atoms with Gasteiger partial charge in [0, 0.05) is 24.6 Å². The number of hydrogen-bond acceptors (Lipinski definition) is 5. The number of piperidine rings is 1. The van der Waals surface area contributed by atoms with Crippen LogP contribution in [-0.2, 0) is 6.18 Å². The lowest BCUT2D eigenvalue weighted by Gasteiger charge is -2.21. The largest absolute Gasteiger partial charge is 0.463 e. The van der Waals surface area contributed by atoms with Crippen molar-refractivity contribution < 1.29 is 17.9 Å². The second-order valence-electron chi connectivity index (χ2n) is 6.89. The standard InChI is InChI=1S/C19H18F3N3OS/c20-19(21,22)15-7-1-4-13(10-15)5-3-9-26-18-17(23-27-24-18)16-12-25-8-2-6-14(16)11-25/h1,4,7,10,14,16H,2,6,8-9,11-12H2/t14-,16-/m0/s1. The molecule has 4 rings (SSSR count). The Kier molecular flexibility index (Phi) is 5.06. The lowest BCUT2D eigenvalue weighted by Crippen LogP contribution is -2.25. The Hall–Kier alpha value is -2.11. The highest BCUT2D eigenvalue weighted by molar-refractivity contribution is 6.99. The number of alkyl halides is 3. The van der Waals surface area contributed by atoms with E-state index in [4.69, 9.17) is 4.74 Å². The third kappa shape index (κ3) is 4.09. The van der Waals surface area contributed by atoms with E-state index in [-0.39, 0.29) is 6.61 Å². The van der Waals surface area contributed by atoms with E-state index < -0.39 is 11.7 Å². The Morgan fingerprint density at radius 2 is 2.15 bits per heavy atom. The molecule has 1 aromatic carbocycles. The average molecular weight is 393 g/mol. The van der Waals surface area contributed by atoms with Crippen molar-refractivity contribution in [3.8, 4) is 17.7 Å². The normalized spacial score (nSPS) is 24.3. The van der Waals surface area contributed by atoms with Crippen molar-refractivity contribution in [2.45, 2.75) is 24.9 Å². The molecule has 3 atom stereocenters. The van der Waals surface area contributed by atoms with Crippen LogP contribution in [0.4, 0.5) is 13.2 Å². The third-order valence-corrected chi connectivity index (χ3v) is 5.63. The molecule has 2 aliphatic heterocycles. The maximum Gasteiger partial charge on any atom is 0.416 e. The highest BCUT2D eigenvalue weighted by atomic mass is 32.1. The number of benzene rings is 1. The number of rotatable bonds is 3. The van der Waals surface area contributed by atoms with Crippen LogP contribution in [0.1, 0.15) is 35.6 Å². The van der Waals surface area contributed by atoms with Gasteiger partial charge in [-0.15, -0.1) is 4.37 Å². The van der Waals surface area contributed by atoms with Crippen molar-refractivity contribution in [3.05, 3.63) is 41.1 Å². The fourth-order valence-electron chi connectivity index (χ4n) is 3.85. The van der Waals surface area contributed by atoms with Crippen LogP contribution in [0.5, 0.6) is 5.88 Å². The van der Waals surface area contributed by atoms with Gasteiger partial charge in [-0.2, -0.15) is 17.5 Å². The molecule has 2 bridgehead atoms. The second-order valence-corrected chi connectivity index (χ2v) is 7.42. The average Bonchev–Trinajstić information content (AvgIpc) is 3.22. The lowest BCUT2D eigenvalue weighted by molar-refractivity contribution is -0.137. The van der Waals surface area contributed by atoms with Gasteiger partial charge in [0.25, 0.3) is 0 Å². The monoisotopic (exact) mass is 393 g/mol. The number of ether oxygens (including phenoxy) is 1. The van der Waals surface area contributed by atoms with Crippen LogP contribution in [0, 0.1) is 17.8 Å². The Balaban J connectivity index is 1.40. The molecule has 8 heteroatoms. The number of fused-ring (bicyclic) bond motifs is 2. The third-order valence-electron chi connectivity index (χ3n) is 5.10. The van der Waals surface area contributed by atoms with Gasteiger partial charge in [-0.25, -0.2) is 0 Å². The van der Waals surface area contributed by atoms with Crippen LogP contribution in [0.3, 0.4) is 0 Å². The second kappa shape index (κ2) is 7.49. The highest BCUT2D eigenvalue weighted by Gasteiger charge is 2.39. The van der Waals surface area contributed by atoms with Crippen molar-refractivity contribution in [1.29, 1.82) is 0 Å². The molecule has 4 nitrogen and oxygen atoms in total. The fourth-order valence-corrected chi connectivity index (χ4v) is 4.41. The van der Waals surface area contributed by atoms with Crippen molar-refractivity contribution in [2.24, 2.45) is 5.92 Å². The quantitative estimate of drug-likeness (QED) is 0.744. The molecule has 1 aromatic heterocycles. The van der Waals surface area contributed by atoms with Gasteiger partial charge < -0.3 is 9.64 Å². The minimum absolute atomic E-state index is 0.0652. The first-order chi connectivity index (χ1) is 13.0. The van der Waals surface area contributed by atoms with E-state index in [0.717, 1.165) is 49.2 Å². The van der Waals surface area contributed by atoms with E-state index in [1.807, 2.05) is 0 Å². The van der Waals surface area contributed by atoms with Gasteiger partial charge in [0.1, 0.15) is 5.69 Å². The maximum absolute atomic E-state index is 12.7. The van der Waals surface area contributed by atoms with Gasteiger partial charge in [0.2, 0.25) is 5.88 Å². The maximum atomic E-state index is 12.7. The summed E-state index contributed by atoms with van der Waals surface area (Å²) in [6.07, 6.45) is -1.95. The predicted octanol–water partition coefficient (Wildman–Crippen LogP) is 3.80. The van der Waals surface area contributed by atoms with Crippen LogP contribution in [0.15, 0.2) is 24.3 Å². The first-order valence-electron chi connectivity index (χ1n) is 8.84. The van der Waals surface area contributed by atoms with Gasteiger partial charge in [0.15, 0.2) is 6.61 Å². The van der Waals surface area contributed by atoms with Crippen LogP contribution < -0.4 is 4.74 Å². The lowest BCUT2D eigenvalue weighted by atomic mass is 9.89. The predicted molar refractivity (Wildman–Crippen MR) is 95.6 cm³/mol. The Bertz CT molecular complexity index is 871. The number of aromatic nitrogens is 2. The minimum atomic E-state index is -4.37. The summed E-state index contributed by atoms with van der Waals surface area (Å²) in [6, 6.07) is 4.97. The Morgan fingerprint density at radius 3 is 2.96 bits per heavy atom. The molecule has 0 aliphatic carbocycles. The summed E-state index contributed by atoms with van der Waals surface area (Å²) in [4.78, 5) is 2.45. The Morgan fingerprint density at radius 1 is 1.26 bits per heavy atom. The van der Waals surface area contributed by atoms with E-state index in [2.05, 4.69) is 25.5 Å². The highest BCUT2D eigenvalue weighted by Crippen LogP contribution is 2.41. The van der Waals surface area contributed by atoms with E-state index in [0.29, 0.717) is 23.3 Å². The first kappa shape index (κ1) is 18.3. The number of hydrogen-bond donors (Lipinski definition) is 0. The molecular weight excluding hydrogens is 375 g/mol. The van der Waals surface area contributed by atoms with Gasteiger partial charge in [0.05, 0.1) is 17.3 Å². The SMILES string of the molecule is FC(F)(F)c1cccc(C#CCOc2nsnc2[C@H]2CN3CCC[C@H]2C3)c1. The number of nitrogens with zero attached hydrogens (tertiary/aromatic N) is 3. The van der Waals surface area contributed by atoms with E-state index >= 15 is 0 Å². The summed E-state index contributed by atoms with van der Waals surface area (Å²) in [5.41, 5.74) is 0.501. The van der Waals surface area contributed by atoms with Crippen LogP contribution in [-0.4, -0.2) is 39.9 Å². The van der Waals surface area contributed by atoms with E-state index in [1.54, 1.807) is 6.07 Å². The summed E-state index contributed by atoms with van der Waals surface area (Å²) in [7, 11) is 0. The van der Waals surface area contributed by atoms with Crippen molar-refractivity contribution in [1.82, 2.24) is 13.6 Å². The van der Waals surface area contributed by atoms with E-state index in [1.165, 1.54) is 18.9 Å². The molecule has 27 heavy (non-hydrogen) atoms. The summed E-state index contributed by atoms with van der Waals surface area (Å²) in [5, 5.41) is 0. The van der Waals surface area contributed by atoms with Gasteiger partial charge in [-0.3, -0.25) is 0 Å². The van der Waals surface area contributed by atoms with Gasteiger partial charge >= 0.3 is 6.18 Å². The smallest absolute Gasteiger partial charge is 0.416 e. The molecule has 2 aromatic rings. The van der Waals surface area contributed by atoms with Crippen LogP contribution in [0.2, 0.25) is 0 Å². The molecule has 2 aliphatic rings. The zero-order valence-electron chi connectivity index (χ0n) is 14.5. The topological polar surface area (TPSA) is 38.3 Å². The molecule has 0 amide bonds. The van der Waals surface area contributed by atoms with Crippen molar-refractivity contribution in [2.75, 3.05) is 26.2 Å². The fraction of sp³-hybridized carbons (Fsp3) is 0.474. The van der Waals surface area contributed by atoms with Gasteiger partial charge in [-0.05, 0) is 43.5 Å². The first-order valence-corrected chi connectivity index (χ1v) is 9.57. The summed E-state index contributed by atoms with van der Waals surface area (Å²) in [6.45, 7) is 3.30. The van der Waals surface area contributed by atoms with Crippen LogP contribution >= 0.6 is 11.7 Å². The molecule has 1 unspecified atom stereocenters. The zero-order valence-corrected chi connectivity index (χ0v) is 15.3. The molecule has 0 radical (unpaired) electrons. The number of halogens is 3.